The first kappa shape index (κ1) is 18.5. The summed E-state index contributed by atoms with van der Waals surface area (Å²) in [5.74, 6) is 0.627. The van der Waals surface area contributed by atoms with E-state index in [0.717, 1.165) is 21.3 Å². The molecular weight excluding hydrogens is 414 g/mol. The first-order chi connectivity index (χ1) is 12.5. The Morgan fingerprint density at radius 1 is 1.04 bits per heavy atom. The molecule has 0 saturated heterocycles. The lowest BCUT2D eigenvalue weighted by Gasteiger charge is -2.10. The number of amides is 1. The van der Waals surface area contributed by atoms with Crippen LogP contribution in [0.1, 0.15) is 21.5 Å². The molecule has 0 aliphatic rings. The van der Waals surface area contributed by atoms with Gasteiger partial charge in [-0.25, -0.2) is 0 Å². The summed E-state index contributed by atoms with van der Waals surface area (Å²) in [6, 6.07) is 20.5. The Kier molecular flexibility index (Phi) is 5.96. The summed E-state index contributed by atoms with van der Waals surface area (Å²) in [6.45, 7) is 2.32. The van der Waals surface area contributed by atoms with Crippen LogP contribution in [0.15, 0.2) is 71.2 Å². The number of nitrogens with one attached hydrogen (secondary N) is 1. The summed E-state index contributed by atoms with van der Waals surface area (Å²) < 4.78 is 6.75. The van der Waals surface area contributed by atoms with Crippen molar-refractivity contribution in [1.82, 2.24) is 0 Å². The number of hydrogen-bond acceptors (Lipinski definition) is 2. The average molecular weight is 431 g/mol. The largest absolute Gasteiger partial charge is 0.489 e. The standard InChI is InChI=1S/C21H17BrClNO2/c1-14-19(23)3-2-4-20(14)24-21(25)16-7-5-15(6-8-16)13-26-18-11-9-17(22)10-12-18/h2-12H,13H2,1H3,(H,24,25). The van der Waals surface area contributed by atoms with Gasteiger partial charge in [0, 0.05) is 20.7 Å². The molecule has 1 N–H and O–H groups in total. The highest BCUT2D eigenvalue weighted by molar-refractivity contribution is 9.10. The molecule has 0 aliphatic heterocycles. The molecule has 0 atom stereocenters. The Morgan fingerprint density at radius 2 is 1.73 bits per heavy atom. The van der Waals surface area contributed by atoms with E-state index < -0.39 is 0 Å². The minimum Gasteiger partial charge on any atom is -0.489 e. The molecule has 3 nitrogen and oxygen atoms in total. The third-order valence-electron chi connectivity index (χ3n) is 3.95. The van der Waals surface area contributed by atoms with Crippen LogP contribution in [0.5, 0.6) is 5.75 Å². The predicted molar refractivity (Wildman–Crippen MR) is 109 cm³/mol. The van der Waals surface area contributed by atoms with Gasteiger partial charge in [0.2, 0.25) is 0 Å². The molecule has 5 heteroatoms. The molecule has 26 heavy (non-hydrogen) atoms. The van der Waals surface area contributed by atoms with Crippen LogP contribution >= 0.6 is 27.5 Å². The highest BCUT2D eigenvalue weighted by Gasteiger charge is 2.09. The number of carbonyl (C=O) groups excluding carboxylic acids is 1. The van der Waals surface area contributed by atoms with Gasteiger partial charge in [-0.1, -0.05) is 45.7 Å². The molecule has 0 heterocycles. The first-order valence-electron chi connectivity index (χ1n) is 8.07. The quantitative estimate of drug-likeness (QED) is 0.520. The molecule has 0 bridgehead atoms. The third-order valence-corrected chi connectivity index (χ3v) is 4.89. The molecule has 0 spiro atoms. The van der Waals surface area contributed by atoms with Crippen molar-refractivity contribution in [2.45, 2.75) is 13.5 Å². The number of benzene rings is 3. The molecule has 132 valence electrons. The topological polar surface area (TPSA) is 38.3 Å². The molecule has 0 saturated carbocycles. The molecular formula is C21H17BrClNO2. The molecule has 3 aromatic rings. The van der Waals surface area contributed by atoms with Gasteiger partial charge in [-0.2, -0.15) is 0 Å². The Morgan fingerprint density at radius 3 is 2.42 bits per heavy atom. The zero-order chi connectivity index (χ0) is 18.5. The summed E-state index contributed by atoms with van der Waals surface area (Å²) in [4.78, 5) is 12.4. The van der Waals surface area contributed by atoms with E-state index in [4.69, 9.17) is 16.3 Å². The van der Waals surface area contributed by atoms with Gasteiger partial charge in [0.25, 0.3) is 5.91 Å². The Hall–Kier alpha value is -2.30. The normalized spacial score (nSPS) is 10.4. The van der Waals surface area contributed by atoms with Gasteiger partial charge in [0.05, 0.1) is 0 Å². The Labute approximate surface area is 166 Å². The van der Waals surface area contributed by atoms with E-state index in [2.05, 4.69) is 21.2 Å². The second kappa shape index (κ2) is 8.39. The van der Waals surface area contributed by atoms with E-state index in [1.165, 1.54) is 0 Å². The van der Waals surface area contributed by atoms with Crippen molar-refractivity contribution in [3.8, 4) is 5.75 Å². The fourth-order valence-electron chi connectivity index (χ4n) is 2.39. The molecule has 0 fully saturated rings. The molecule has 0 unspecified atom stereocenters. The van der Waals surface area contributed by atoms with E-state index in [0.29, 0.717) is 22.9 Å². The van der Waals surface area contributed by atoms with E-state index in [1.54, 1.807) is 18.2 Å². The zero-order valence-corrected chi connectivity index (χ0v) is 16.5. The van der Waals surface area contributed by atoms with Crippen molar-refractivity contribution in [2.75, 3.05) is 5.32 Å². The summed E-state index contributed by atoms with van der Waals surface area (Å²) in [6.07, 6.45) is 0. The molecule has 3 rings (SSSR count). The number of carbonyl (C=O) groups is 1. The van der Waals surface area contributed by atoms with Crippen molar-refractivity contribution in [3.05, 3.63) is 92.9 Å². The van der Waals surface area contributed by atoms with Crippen LogP contribution in [0.4, 0.5) is 5.69 Å². The van der Waals surface area contributed by atoms with E-state index in [-0.39, 0.29) is 5.91 Å². The lowest BCUT2D eigenvalue weighted by atomic mass is 10.1. The van der Waals surface area contributed by atoms with Crippen LogP contribution < -0.4 is 10.1 Å². The van der Waals surface area contributed by atoms with Crippen molar-refractivity contribution < 1.29 is 9.53 Å². The minimum atomic E-state index is -0.171. The number of rotatable bonds is 5. The minimum absolute atomic E-state index is 0.171. The zero-order valence-electron chi connectivity index (χ0n) is 14.1. The number of halogens is 2. The fourth-order valence-corrected chi connectivity index (χ4v) is 2.83. The lowest BCUT2D eigenvalue weighted by Crippen LogP contribution is -2.13. The predicted octanol–water partition coefficient (Wildman–Crippen LogP) is 6.24. The van der Waals surface area contributed by atoms with Gasteiger partial charge in [0.15, 0.2) is 0 Å². The summed E-state index contributed by atoms with van der Waals surface area (Å²) in [5, 5.41) is 3.52. The number of ether oxygens (including phenoxy) is 1. The summed E-state index contributed by atoms with van der Waals surface area (Å²) >= 11 is 9.48. The van der Waals surface area contributed by atoms with Crippen LogP contribution in [0.2, 0.25) is 5.02 Å². The lowest BCUT2D eigenvalue weighted by molar-refractivity contribution is 0.102. The summed E-state index contributed by atoms with van der Waals surface area (Å²) in [7, 11) is 0. The highest BCUT2D eigenvalue weighted by atomic mass is 79.9. The molecule has 3 aromatic carbocycles. The highest BCUT2D eigenvalue weighted by Crippen LogP contribution is 2.23. The maximum absolute atomic E-state index is 12.4. The van der Waals surface area contributed by atoms with Gasteiger partial charge in [-0.3, -0.25) is 4.79 Å². The smallest absolute Gasteiger partial charge is 0.255 e. The van der Waals surface area contributed by atoms with Gasteiger partial charge < -0.3 is 10.1 Å². The number of anilines is 1. The fraction of sp³-hybridized carbons (Fsp3) is 0.0952. The maximum Gasteiger partial charge on any atom is 0.255 e. The second-order valence-corrected chi connectivity index (χ2v) is 7.13. The Bertz CT molecular complexity index is 908. The molecule has 0 radical (unpaired) electrons. The first-order valence-corrected chi connectivity index (χ1v) is 9.24. The van der Waals surface area contributed by atoms with Crippen LogP contribution in [0.25, 0.3) is 0 Å². The third kappa shape index (κ3) is 4.65. The molecule has 1 amide bonds. The van der Waals surface area contributed by atoms with Gasteiger partial charge in [0.1, 0.15) is 12.4 Å². The van der Waals surface area contributed by atoms with Gasteiger partial charge >= 0.3 is 0 Å². The SMILES string of the molecule is Cc1c(Cl)cccc1NC(=O)c1ccc(COc2ccc(Br)cc2)cc1. The van der Waals surface area contributed by atoms with Crippen molar-refractivity contribution in [1.29, 1.82) is 0 Å². The molecule has 0 aliphatic carbocycles. The van der Waals surface area contributed by atoms with Crippen LogP contribution in [-0.4, -0.2) is 5.91 Å². The second-order valence-electron chi connectivity index (χ2n) is 5.81. The van der Waals surface area contributed by atoms with Crippen LogP contribution in [0, 0.1) is 6.92 Å². The number of hydrogen-bond donors (Lipinski definition) is 1. The summed E-state index contributed by atoms with van der Waals surface area (Å²) in [5.41, 5.74) is 3.13. The van der Waals surface area contributed by atoms with Crippen molar-refractivity contribution in [2.24, 2.45) is 0 Å². The average Bonchev–Trinajstić information content (AvgIpc) is 2.65. The van der Waals surface area contributed by atoms with Crippen molar-refractivity contribution >= 4 is 39.1 Å². The van der Waals surface area contributed by atoms with E-state index in [9.17, 15) is 4.79 Å². The van der Waals surface area contributed by atoms with Gasteiger partial charge in [-0.15, -0.1) is 0 Å². The van der Waals surface area contributed by atoms with Crippen molar-refractivity contribution in [3.63, 3.8) is 0 Å². The Balaban J connectivity index is 1.62. The van der Waals surface area contributed by atoms with Crippen LogP contribution in [0.3, 0.4) is 0 Å². The van der Waals surface area contributed by atoms with E-state index in [1.807, 2.05) is 55.5 Å². The van der Waals surface area contributed by atoms with E-state index >= 15 is 0 Å². The van der Waals surface area contributed by atoms with Crippen LogP contribution in [-0.2, 0) is 6.61 Å². The molecule has 0 aromatic heterocycles. The van der Waals surface area contributed by atoms with Gasteiger partial charge in [-0.05, 0) is 66.6 Å². The maximum atomic E-state index is 12.4. The monoisotopic (exact) mass is 429 g/mol.